The van der Waals surface area contributed by atoms with Crippen LogP contribution in [0.2, 0.25) is 0 Å². The number of Topliss-reactive ketones (excluding diaryl/α,β-unsaturated/α-hetero) is 1. The van der Waals surface area contributed by atoms with E-state index in [1.54, 1.807) is 5.57 Å². The van der Waals surface area contributed by atoms with Crippen LogP contribution < -0.4 is 0 Å². The standard InChI is InChI=1S/C22H30O2S2/c1-21-10-9-18-16(17(21)6-7-19(21)24)5-4-14-12-15(23)8-11-22(14,18)13-20(25-2)26-3/h9,12,16-17,20H,4-8,10-11,13H2,1-3H3/t16?,17?,21-,22+/m0/s1. The third-order valence-corrected chi connectivity index (χ3v) is 10.4. The van der Waals surface area contributed by atoms with Crippen molar-refractivity contribution in [3.05, 3.63) is 23.3 Å². The topological polar surface area (TPSA) is 34.1 Å². The molecule has 4 rings (SSSR count). The van der Waals surface area contributed by atoms with Gasteiger partial charge in [0.25, 0.3) is 0 Å². The summed E-state index contributed by atoms with van der Waals surface area (Å²) in [5.74, 6) is 1.87. The van der Waals surface area contributed by atoms with Crippen molar-refractivity contribution in [2.75, 3.05) is 12.5 Å². The number of allylic oxidation sites excluding steroid dienone is 4. The lowest BCUT2D eigenvalue weighted by atomic mass is 9.50. The number of hydrogen-bond acceptors (Lipinski definition) is 4. The minimum atomic E-state index is -0.126. The quantitative estimate of drug-likeness (QED) is 0.473. The zero-order chi connectivity index (χ0) is 18.5. The molecule has 0 bridgehead atoms. The van der Waals surface area contributed by atoms with Gasteiger partial charge in [-0.2, -0.15) is 23.5 Å². The second kappa shape index (κ2) is 6.84. The van der Waals surface area contributed by atoms with Crippen LogP contribution in [0.15, 0.2) is 23.3 Å². The van der Waals surface area contributed by atoms with E-state index >= 15 is 0 Å². The number of fused-ring (bicyclic) bond motifs is 5. The first-order valence-corrected chi connectivity index (χ1v) is 12.6. The number of hydrogen-bond donors (Lipinski definition) is 0. The van der Waals surface area contributed by atoms with E-state index in [4.69, 9.17) is 0 Å². The van der Waals surface area contributed by atoms with Crippen molar-refractivity contribution in [3.63, 3.8) is 0 Å². The molecule has 0 spiro atoms. The van der Waals surface area contributed by atoms with Gasteiger partial charge in [-0.25, -0.2) is 0 Å². The van der Waals surface area contributed by atoms with Gasteiger partial charge in [-0.3, -0.25) is 9.59 Å². The summed E-state index contributed by atoms with van der Waals surface area (Å²) in [4.78, 5) is 24.8. The summed E-state index contributed by atoms with van der Waals surface area (Å²) in [6.07, 6.45) is 16.6. The third kappa shape index (κ3) is 2.70. The minimum absolute atomic E-state index is 0.0838. The summed E-state index contributed by atoms with van der Waals surface area (Å²) in [7, 11) is 0. The third-order valence-electron chi connectivity index (χ3n) is 7.84. The predicted octanol–water partition coefficient (Wildman–Crippen LogP) is 5.43. The molecule has 2 fully saturated rings. The highest BCUT2D eigenvalue weighted by molar-refractivity contribution is 8.16. The van der Waals surface area contributed by atoms with Crippen molar-refractivity contribution in [1.82, 2.24) is 0 Å². The van der Waals surface area contributed by atoms with Gasteiger partial charge in [0, 0.05) is 23.7 Å². The van der Waals surface area contributed by atoms with E-state index < -0.39 is 0 Å². The molecule has 2 nitrogen and oxygen atoms in total. The van der Waals surface area contributed by atoms with Crippen LogP contribution in [0.25, 0.3) is 0 Å². The molecule has 0 amide bonds. The highest BCUT2D eigenvalue weighted by Crippen LogP contribution is 2.64. The number of rotatable bonds is 4. The molecule has 0 heterocycles. The molecular weight excluding hydrogens is 360 g/mol. The molecule has 0 aromatic rings. The molecule has 2 saturated carbocycles. The fourth-order valence-corrected chi connectivity index (χ4v) is 8.03. The second-order valence-electron chi connectivity index (χ2n) is 8.82. The summed E-state index contributed by atoms with van der Waals surface area (Å²) in [6.45, 7) is 2.22. The molecule has 2 unspecified atom stereocenters. The molecule has 4 aliphatic rings. The van der Waals surface area contributed by atoms with Gasteiger partial charge < -0.3 is 0 Å². The predicted molar refractivity (Wildman–Crippen MR) is 111 cm³/mol. The van der Waals surface area contributed by atoms with Crippen LogP contribution in [-0.4, -0.2) is 28.7 Å². The number of carbonyl (C=O) groups is 2. The molecule has 0 N–H and O–H groups in total. The normalized spacial score (nSPS) is 39.2. The van der Waals surface area contributed by atoms with Crippen molar-refractivity contribution in [2.45, 2.75) is 62.9 Å². The number of ketones is 2. The fourth-order valence-electron chi connectivity index (χ4n) is 6.36. The molecule has 142 valence electrons. The van der Waals surface area contributed by atoms with Gasteiger partial charge in [-0.1, -0.05) is 24.1 Å². The monoisotopic (exact) mass is 390 g/mol. The average Bonchev–Trinajstić information content (AvgIpc) is 2.95. The van der Waals surface area contributed by atoms with Gasteiger partial charge in [0.05, 0.1) is 4.58 Å². The molecule has 0 radical (unpaired) electrons. The van der Waals surface area contributed by atoms with Gasteiger partial charge in [0.2, 0.25) is 0 Å². The van der Waals surface area contributed by atoms with Gasteiger partial charge in [-0.15, -0.1) is 0 Å². The Morgan fingerprint density at radius 1 is 1.15 bits per heavy atom. The Bertz CT molecular complexity index is 690. The number of thioether (sulfide) groups is 2. The molecule has 0 aromatic heterocycles. The van der Waals surface area contributed by atoms with Crippen LogP contribution in [-0.2, 0) is 9.59 Å². The lowest BCUT2D eigenvalue weighted by molar-refractivity contribution is -0.127. The summed E-state index contributed by atoms with van der Waals surface area (Å²) in [5.41, 5.74) is 2.96. The maximum atomic E-state index is 12.6. The van der Waals surface area contributed by atoms with Crippen molar-refractivity contribution in [1.29, 1.82) is 0 Å². The Kier molecular flexibility index (Phi) is 4.97. The zero-order valence-corrected chi connectivity index (χ0v) is 17.8. The van der Waals surface area contributed by atoms with E-state index in [0.717, 1.165) is 44.9 Å². The van der Waals surface area contributed by atoms with Crippen LogP contribution in [0, 0.1) is 22.7 Å². The summed E-state index contributed by atoms with van der Waals surface area (Å²) >= 11 is 3.89. The first-order chi connectivity index (χ1) is 12.4. The second-order valence-corrected chi connectivity index (χ2v) is 11.2. The lowest BCUT2D eigenvalue weighted by Gasteiger charge is -2.54. The van der Waals surface area contributed by atoms with Crippen molar-refractivity contribution in [3.8, 4) is 0 Å². The number of carbonyl (C=O) groups excluding carboxylic acids is 2. The molecule has 0 aliphatic heterocycles. The minimum Gasteiger partial charge on any atom is -0.299 e. The SMILES string of the molecule is CSC(C[C@]12CCC(=O)C=C1CCC1C2=CC[C@]2(C)C(=O)CCC12)SC. The Balaban J connectivity index is 1.78. The molecule has 26 heavy (non-hydrogen) atoms. The lowest BCUT2D eigenvalue weighted by Crippen LogP contribution is -2.46. The van der Waals surface area contributed by atoms with E-state index in [9.17, 15) is 9.59 Å². The van der Waals surface area contributed by atoms with Gasteiger partial charge >= 0.3 is 0 Å². The Hall–Kier alpha value is -0.480. The van der Waals surface area contributed by atoms with E-state index in [1.807, 2.05) is 29.6 Å². The molecule has 4 atom stereocenters. The van der Waals surface area contributed by atoms with Gasteiger partial charge in [0.1, 0.15) is 5.78 Å². The van der Waals surface area contributed by atoms with Crippen LogP contribution >= 0.6 is 23.5 Å². The van der Waals surface area contributed by atoms with Crippen molar-refractivity contribution in [2.24, 2.45) is 22.7 Å². The smallest absolute Gasteiger partial charge is 0.155 e. The molecular formula is C22H30O2S2. The van der Waals surface area contributed by atoms with Gasteiger partial charge in [-0.05, 0) is 68.9 Å². The first kappa shape index (κ1) is 18.9. The molecule has 0 aromatic carbocycles. The van der Waals surface area contributed by atoms with E-state index in [-0.39, 0.29) is 10.8 Å². The molecule has 4 aliphatic carbocycles. The van der Waals surface area contributed by atoms with Crippen LogP contribution in [0.3, 0.4) is 0 Å². The maximum absolute atomic E-state index is 12.6. The fraction of sp³-hybridized carbons (Fsp3) is 0.727. The van der Waals surface area contributed by atoms with E-state index in [2.05, 4.69) is 25.5 Å². The Morgan fingerprint density at radius 3 is 2.65 bits per heavy atom. The highest BCUT2D eigenvalue weighted by Gasteiger charge is 2.57. The van der Waals surface area contributed by atoms with Crippen molar-refractivity contribution < 1.29 is 9.59 Å². The van der Waals surface area contributed by atoms with Crippen LogP contribution in [0.1, 0.15) is 58.3 Å². The Morgan fingerprint density at radius 2 is 1.92 bits per heavy atom. The molecule has 0 saturated heterocycles. The summed E-state index contributed by atoms with van der Waals surface area (Å²) in [6, 6.07) is 0. The molecule has 4 heteroatoms. The first-order valence-electron chi connectivity index (χ1n) is 9.98. The summed E-state index contributed by atoms with van der Waals surface area (Å²) < 4.78 is 0.560. The Labute approximate surface area is 166 Å². The van der Waals surface area contributed by atoms with Crippen LogP contribution in [0.5, 0.6) is 0 Å². The van der Waals surface area contributed by atoms with Crippen LogP contribution in [0.4, 0.5) is 0 Å². The zero-order valence-electron chi connectivity index (χ0n) is 16.2. The average molecular weight is 391 g/mol. The van der Waals surface area contributed by atoms with Crippen molar-refractivity contribution >= 4 is 35.1 Å². The maximum Gasteiger partial charge on any atom is 0.155 e. The largest absolute Gasteiger partial charge is 0.299 e. The van der Waals surface area contributed by atoms with Gasteiger partial charge in [0.15, 0.2) is 5.78 Å². The summed E-state index contributed by atoms with van der Waals surface area (Å²) in [5, 5.41) is 0. The van der Waals surface area contributed by atoms with E-state index in [0.29, 0.717) is 34.4 Å². The van der Waals surface area contributed by atoms with E-state index in [1.165, 1.54) is 5.57 Å². The highest BCUT2D eigenvalue weighted by atomic mass is 32.2.